The minimum atomic E-state index is 0.554. The number of nitrogens with zero attached hydrogens (tertiary/aromatic N) is 1. The molecule has 0 bridgehead atoms. The van der Waals surface area contributed by atoms with Crippen LogP contribution >= 0.6 is 0 Å². The molecule has 3 heteroatoms. The maximum absolute atomic E-state index is 6.02. The van der Waals surface area contributed by atoms with E-state index in [1.54, 1.807) is 0 Å². The average molecular weight is 284 g/mol. The molecule has 2 heterocycles. The predicted octanol–water partition coefficient (Wildman–Crippen LogP) is 3.65. The molecule has 1 unspecified atom stereocenters. The number of furan rings is 1. The van der Waals surface area contributed by atoms with Crippen LogP contribution in [0.15, 0.2) is 34.7 Å². The summed E-state index contributed by atoms with van der Waals surface area (Å²) in [6.07, 6.45) is 2.39. The number of hydrogen-bond donors (Lipinski definition) is 1. The lowest BCUT2D eigenvalue weighted by molar-refractivity contribution is 0.435. The fourth-order valence-corrected chi connectivity index (χ4v) is 3.17. The van der Waals surface area contributed by atoms with Gasteiger partial charge in [0.15, 0.2) is 0 Å². The van der Waals surface area contributed by atoms with E-state index in [-0.39, 0.29) is 0 Å². The number of aryl methyl sites for hydroxylation is 2. The van der Waals surface area contributed by atoms with Gasteiger partial charge in [0.25, 0.3) is 0 Å². The Bertz CT molecular complexity index is 617. The zero-order valence-electron chi connectivity index (χ0n) is 13.1. The van der Waals surface area contributed by atoms with Gasteiger partial charge in [0.05, 0.1) is 13.1 Å². The van der Waals surface area contributed by atoms with Gasteiger partial charge in [-0.25, -0.2) is 0 Å². The second-order valence-corrected chi connectivity index (χ2v) is 5.99. The molecule has 0 amide bonds. The molecule has 3 rings (SSSR count). The Labute approximate surface area is 127 Å². The van der Waals surface area contributed by atoms with Crippen LogP contribution in [-0.2, 0) is 19.5 Å². The fourth-order valence-electron chi connectivity index (χ4n) is 3.17. The van der Waals surface area contributed by atoms with Crippen LogP contribution in [0.3, 0.4) is 0 Å². The summed E-state index contributed by atoms with van der Waals surface area (Å²) in [6.45, 7) is 6.06. The Morgan fingerprint density at radius 2 is 2.14 bits per heavy atom. The van der Waals surface area contributed by atoms with Crippen LogP contribution < -0.4 is 10.2 Å². The molecular formula is C18H24N2O. The molecule has 3 nitrogen and oxygen atoms in total. The number of benzene rings is 1. The number of anilines is 1. The van der Waals surface area contributed by atoms with Crippen LogP contribution in [0.5, 0.6) is 0 Å². The zero-order chi connectivity index (χ0) is 14.8. The first-order chi connectivity index (χ1) is 10.2. The average Bonchev–Trinajstić information content (AvgIpc) is 2.83. The van der Waals surface area contributed by atoms with Gasteiger partial charge in [-0.05, 0) is 57.0 Å². The Balaban J connectivity index is 1.85. The maximum atomic E-state index is 6.02. The molecule has 2 aromatic rings. The summed E-state index contributed by atoms with van der Waals surface area (Å²) >= 11 is 0. The Morgan fingerprint density at radius 3 is 2.95 bits per heavy atom. The van der Waals surface area contributed by atoms with Crippen molar-refractivity contribution in [3.8, 4) is 0 Å². The molecule has 0 aliphatic carbocycles. The van der Waals surface area contributed by atoms with Crippen LogP contribution in [0.2, 0.25) is 0 Å². The molecule has 1 N–H and O–H groups in total. The first kappa shape index (κ1) is 14.2. The normalized spacial score (nSPS) is 17.9. The number of rotatable bonds is 4. The van der Waals surface area contributed by atoms with Crippen LogP contribution in [0.4, 0.5) is 5.69 Å². The highest BCUT2D eigenvalue weighted by atomic mass is 16.3. The molecule has 112 valence electrons. The van der Waals surface area contributed by atoms with E-state index in [0.717, 1.165) is 24.6 Å². The molecule has 21 heavy (non-hydrogen) atoms. The standard InChI is InChI=1S/C18H24N2O/c1-13-10-16(21-18(13)11-19-3)12-20-14(2)8-9-15-6-4-5-7-17(15)20/h4-7,10,14,19H,8-9,11-12H2,1-3H3. The summed E-state index contributed by atoms with van der Waals surface area (Å²) in [4.78, 5) is 2.47. The highest BCUT2D eigenvalue weighted by Crippen LogP contribution is 2.32. The minimum absolute atomic E-state index is 0.554. The van der Waals surface area contributed by atoms with Crippen LogP contribution in [0.1, 0.15) is 36.0 Å². The molecule has 1 aromatic carbocycles. The predicted molar refractivity (Wildman–Crippen MR) is 86.6 cm³/mol. The van der Waals surface area contributed by atoms with Crippen molar-refractivity contribution in [1.82, 2.24) is 5.32 Å². The maximum Gasteiger partial charge on any atom is 0.123 e. The Morgan fingerprint density at radius 1 is 1.33 bits per heavy atom. The van der Waals surface area contributed by atoms with Crippen molar-refractivity contribution in [2.75, 3.05) is 11.9 Å². The van der Waals surface area contributed by atoms with Gasteiger partial charge in [0, 0.05) is 11.7 Å². The zero-order valence-corrected chi connectivity index (χ0v) is 13.1. The molecule has 1 atom stereocenters. The SMILES string of the molecule is CNCc1oc(CN2c3ccccc3CCC2C)cc1C. The summed E-state index contributed by atoms with van der Waals surface area (Å²) in [5.74, 6) is 2.10. The quantitative estimate of drug-likeness (QED) is 0.929. The van der Waals surface area contributed by atoms with Crippen molar-refractivity contribution in [2.45, 2.75) is 45.8 Å². The molecule has 0 saturated carbocycles. The Hall–Kier alpha value is -1.74. The van der Waals surface area contributed by atoms with Crippen LogP contribution in [0, 0.1) is 6.92 Å². The van der Waals surface area contributed by atoms with E-state index in [2.05, 4.69) is 54.4 Å². The van der Waals surface area contributed by atoms with E-state index in [1.807, 2.05) is 7.05 Å². The van der Waals surface area contributed by atoms with Gasteiger partial charge < -0.3 is 14.6 Å². The molecule has 1 aliphatic rings. The van der Waals surface area contributed by atoms with E-state index in [9.17, 15) is 0 Å². The second-order valence-electron chi connectivity index (χ2n) is 5.99. The van der Waals surface area contributed by atoms with Crippen LogP contribution in [0.25, 0.3) is 0 Å². The molecule has 0 spiro atoms. The van der Waals surface area contributed by atoms with E-state index < -0.39 is 0 Å². The monoisotopic (exact) mass is 284 g/mol. The topological polar surface area (TPSA) is 28.4 Å². The van der Waals surface area contributed by atoms with Crippen LogP contribution in [-0.4, -0.2) is 13.1 Å². The first-order valence-electron chi connectivity index (χ1n) is 7.76. The lowest BCUT2D eigenvalue weighted by Crippen LogP contribution is -2.36. The van der Waals surface area contributed by atoms with E-state index >= 15 is 0 Å². The van der Waals surface area contributed by atoms with Gasteiger partial charge in [-0.3, -0.25) is 0 Å². The third kappa shape index (κ3) is 2.84. The smallest absolute Gasteiger partial charge is 0.123 e. The lowest BCUT2D eigenvalue weighted by atomic mass is 9.96. The van der Waals surface area contributed by atoms with Crippen molar-refractivity contribution in [2.24, 2.45) is 0 Å². The molecule has 0 radical (unpaired) electrons. The summed E-state index contributed by atoms with van der Waals surface area (Å²) < 4.78 is 6.02. The minimum Gasteiger partial charge on any atom is -0.463 e. The lowest BCUT2D eigenvalue weighted by Gasteiger charge is -2.36. The van der Waals surface area contributed by atoms with Gasteiger partial charge in [0.1, 0.15) is 11.5 Å². The first-order valence-corrected chi connectivity index (χ1v) is 7.76. The van der Waals surface area contributed by atoms with Gasteiger partial charge in [-0.1, -0.05) is 18.2 Å². The van der Waals surface area contributed by atoms with Crippen molar-refractivity contribution >= 4 is 5.69 Å². The number of nitrogens with one attached hydrogen (secondary N) is 1. The van der Waals surface area contributed by atoms with Gasteiger partial charge >= 0.3 is 0 Å². The Kier molecular flexibility index (Phi) is 4.02. The van der Waals surface area contributed by atoms with Crippen molar-refractivity contribution in [3.05, 3.63) is 53.0 Å². The van der Waals surface area contributed by atoms with Crippen molar-refractivity contribution < 1.29 is 4.42 Å². The summed E-state index contributed by atoms with van der Waals surface area (Å²) in [5, 5.41) is 3.16. The molecule has 0 saturated heterocycles. The van der Waals surface area contributed by atoms with E-state index in [4.69, 9.17) is 4.42 Å². The van der Waals surface area contributed by atoms with Gasteiger partial charge in [0.2, 0.25) is 0 Å². The van der Waals surface area contributed by atoms with Crippen molar-refractivity contribution in [1.29, 1.82) is 0 Å². The largest absolute Gasteiger partial charge is 0.463 e. The highest BCUT2D eigenvalue weighted by molar-refractivity contribution is 5.56. The third-order valence-electron chi connectivity index (χ3n) is 4.40. The van der Waals surface area contributed by atoms with Gasteiger partial charge in [-0.15, -0.1) is 0 Å². The van der Waals surface area contributed by atoms with E-state index in [1.165, 1.54) is 29.7 Å². The van der Waals surface area contributed by atoms with E-state index in [0.29, 0.717) is 6.04 Å². The van der Waals surface area contributed by atoms with Gasteiger partial charge in [-0.2, -0.15) is 0 Å². The number of para-hydroxylation sites is 1. The molecule has 0 fully saturated rings. The highest BCUT2D eigenvalue weighted by Gasteiger charge is 2.23. The summed E-state index contributed by atoms with van der Waals surface area (Å²) in [6, 6.07) is 11.5. The second kappa shape index (κ2) is 5.94. The third-order valence-corrected chi connectivity index (χ3v) is 4.40. The number of hydrogen-bond acceptors (Lipinski definition) is 3. The summed E-state index contributed by atoms with van der Waals surface area (Å²) in [5.41, 5.74) is 4.05. The number of fused-ring (bicyclic) bond motifs is 1. The summed E-state index contributed by atoms with van der Waals surface area (Å²) in [7, 11) is 1.95. The molecule has 1 aliphatic heterocycles. The molecule has 1 aromatic heterocycles. The fraction of sp³-hybridized carbons (Fsp3) is 0.444. The van der Waals surface area contributed by atoms with Crippen molar-refractivity contribution in [3.63, 3.8) is 0 Å². The molecular weight excluding hydrogens is 260 g/mol.